The molecule has 0 radical (unpaired) electrons. The molecule has 0 N–H and O–H groups in total. The van der Waals surface area contributed by atoms with Crippen LogP contribution in [0.25, 0.3) is 0 Å². The van der Waals surface area contributed by atoms with Crippen molar-refractivity contribution in [3.63, 3.8) is 0 Å². The lowest BCUT2D eigenvalue weighted by Gasteiger charge is -2.25. The fourth-order valence-corrected chi connectivity index (χ4v) is 3.43. The van der Waals surface area contributed by atoms with Gasteiger partial charge in [0.2, 0.25) is 0 Å². The molecule has 0 spiro atoms. The summed E-state index contributed by atoms with van der Waals surface area (Å²) >= 11 is 6.26. The Morgan fingerprint density at radius 1 is 1.22 bits per heavy atom. The second kappa shape index (κ2) is 7.12. The van der Waals surface area contributed by atoms with Gasteiger partial charge in [-0.1, -0.05) is 35.9 Å². The van der Waals surface area contributed by atoms with E-state index in [4.69, 9.17) is 16.9 Å². The molecule has 1 heterocycles. The molecule has 1 aliphatic rings. The molecule has 23 heavy (non-hydrogen) atoms. The second-order valence-electron chi connectivity index (χ2n) is 5.98. The van der Waals surface area contributed by atoms with Gasteiger partial charge in [0.05, 0.1) is 11.6 Å². The fourth-order valence-electron chi connectivity index (χ4n) is 3.22. The smallest absolute Gasteiger partial charge is 0.129 e. The van der Waals surface area contributed by atoms with Crippen molar-refractivity contribution in [1.29, 1.82) is 5.26 Å². The standard InChI is InChI=1S/C19H18ClFN2/c20-18-6-2-1-4-15(18)11-17-5-3-9-23(17)13-16-8-7-14(12-22)10-19(16)21/h1-2,4,6-8,10,17H,3,5,9,11,13H2/t17-/m1/s1. The molecule has 0 saturated carbocycles. The van der Waals surface area contributed by atoms with Gasteiger partial charge in [-0.25, -0.2) is 4.39 Å². The Labute approximate surface area is 141 Å². The molecule has 3 rings (SSSR count). The van der Waals surface area contributed by atoms with Gasteiger partial charge in [-0.05, 0) is 49.6 Å². The van der Waals surface area contributed by atoms with Gasteiger partial charge in [-0.3, -0.25) is 4.90 Å². The molecule has 0 bridgehead atoms. The van der Waals surface area contributed by atoms with E-state index in [2.05, 4.69) is 11.0 Å². The molecule has 0 aromatic heterocycles. The molecule has 0 unspecified atom stereocenters. The lowest BCUT2D eigenvalue weighted by Crippen LogP contribution is -2.31. The summed E-state index contributed by atoms with van der Waals surface area (Å²) < 4.78 is 14.1. The van der Waals surface area contributed by atoms with Crippen molar-refractivity contribution in [2.45, 2.75) is 31.8 Å². The third-order valence-corrected chi connectivity index (χ3v) is 4.84. The number of nitriles is 1. The van der Waals surface area contributed by atoms with Crippen molar-refractivity contribution in [3.8, 4) is 6.07 Å². The highest BCUT2D eigenvalue weighted by atomic mass is 35.5. The summed E-state index contributed by atoms with van der Waals surface area (Å²) in [4.78, 5) is 2.31. The zero-order valence-corrected chi connectivity index (χ0v) is 13.6. The summed E-state index contributed by atoms with van der Waals surface area (Å²) in [6.07, 6.45) is 3.10. The lowest BCUT2D eigenvalue weighted by molar-refractivity contribution is 0.241. The maximum absolute atomic E-state index is 14.1. The maximum Gasteiger partial charge on any atom is 0.129 e. The molecule has 1 saturated heterocycles. The van der Waals surface area contributed by atoms with E-state index in [9.17, 15) is 4.39 Å². The number of hydrogen-bond acceptors (Lipinski definition) is 2. The van der Waals surface area contributed by atoms with Crippen molar-refractivity contribution >= 4 is 11.6 Å². The van der Waals surface area contributed by atoms with Crippen molar-refractivity contribution in [1.82, 2.24) is 4.90 Å². The first-order valence-electron chi connectivity index (χ1n) is 7.83. The van der Waals surface area contributed by atoms with Crippen LogP contribution in [0.15, 0.2) is 42.5 Å². The number of nitrogens with zero attached hydrogens (tertiary/aromatic N) is 2. The normalized spacial score (nSPS) is 18.0. The van der Waals surface area contributed by atoms with Gasteiger partial charge >= 0.3 is 0 Å². The highest BCUT2D eigenvalue weighted by molar-refractivity contribution is 6.31. The minimum atomic E-state index is -0.299. The summed E-state index contributed by atoms with van der Waals surface area (Å²) in [6, 6.07) is 15.0. The van der Waals surface area contributed by atoms with Crippen LogP contribution >= 0.6 is 11.6 Å². The zero-order valence-electron chi connectivity index (χ0n) is 12.8. The maximum atomic E-state index is 14.1. The van der Waals surface area contributed by atoms with E-state index in [0.29, 0.717) is 23.7 Å². The Bertz CT molecular complexity index is 738. The third-order valence-electron chi connectivity index (χ3n) is 4.47. The van der Waals surface area contributed by atoms with E-state index in [1.165, 1.54) is 6.07 Å². The number of rotatable bonds is 4. The second-order valence-corrected chi connectivity index (χ2v) is 6.39. The topological polar surface area (TPSA) is 27.0 Å². The minimum absolute atomic E-state index is 0.299. The highest BCUT2D eigenvalue weighted by Gasteiger charge is 2.26. The van der Waals surface area contributed by atoms with E-state index < -0.39 is 0 Å². The van der Waals surface area contributed by atoms with Crippen LogP contribution in [-0.4, -0.2) is 17.5 Å². The molecule has 118 valence electrons. The van der Waals surface area contributed by atoms with Crippen molar-refractivity contribution < 1.29 is 4.39 Å². The number of hydrogen-bond donors (Lipinski definition) is 0. The Balaban J connectivity index is 1.72. The first kappa shape index (κ1) is 16.0. The quantitative estimate of drug-likeness (QED) is 0.822. The van der Waals surface area contributed by atoms with Crippen LogP contribution in [0.5, 0.6) is 0 Å². The Kier molecular flexibility index (Phi) is 4.95. The molecular formula is C19H18ClFN2. The minimum Gasteiger partial charge on any atom is -0.296 e. The number of likely N-dealkylation sites (tertiary alicyclic amines) is 1. The van der Waals surface area contributed by atoms with Crippen LogP contribution in [0.1, 0.15) is 29.5 Å². The molecule has 1 fully saturated rings. The van der Waals surface area contributed by atoms with Crippen LogP contribution in [0.3, 0.4) is 0 Å². The molecule has 2 aromatic rings. The third kappa shape index (κ3) is 3.72. The Morgan fingerprint density at radius 2 is 2.04 bits per heavy atom. The zero-order chi connectivity index (χ0) is 16.2. The summed E-state index contributed by atoms with van der Waals surface area (Å²) in [7, 11) is 0. The Hall–Kier alpha value is -1.89. The van der Waals surface area contributed by atoms with Gasteiger partial charge in [0.25, 0.3) is 0 Å². The summed E-state index contributed by atoms with van der Waals surface area (Å²) in [5.41, 5.74) is 2.15. The summed E-state index contributed by atoms with van der Waals surface area (Å²) in [5.74, 6) is -0.299. The fraction of sp³-hybridized carbons (Fsp3) is 0.316. The van der Waals surface area contributed by atoms with Crippen molar-refractivity contribution in [2.24, 2.45) is 0 Å². The van der Waals surface area contributed by atoms with Gasteiger partial charge in [0.15, 0.2) is 0 Å². The van der Waals surface area contributed by atoms with Gasteiger partial charge in [0, 0.05) is 23.2 Å². The SMILES string of the molecule is N#Cc1ccc(CN2CCC[C@@H]2Cc2ccccc2Cl)c(F)c1. The van der Waals surface area contributed by atoms with Gasteiger partial charge in [-0.15, -0.1) is 0 Å². The van der Waals surface area contributed by atoms with Gasteiger partial charge < -0.3 is 0 Å². The molecular weight excluding hydrogens is 311 g/mol. The lowest BCUT2D eigenvalue weighted by atomic mass is 10.0. The van der Waals surface area contributed by atoms with Crippen molar-refractivity contribution in [2.75, 3.05) is 6.54 Å². The predicted octanol–water partition coefficient (Wildman–Crippen LogP) is 4.56. The molecule has 0 aliphatic carbocycles. The molecule has 1 aliphatic heterocycles. The van der Waals surface area contributed by atoms with Crippen molar-refractivity contribution in [3.05, 3.63) is 70.0 Å². The van der Waals surface area contributed by atoms with E-state index >= 15 is 0 Å². The first-order valence-corrected chi connectivity index (χ1v) is 8.21. The molecule has 2 nitrogen and oxygen atoms in total. The Morgan fingerprint density at radius 3 is 2.78 bits per heavy atom. The van der Waals surface area contributed by atoms with Gasteiger partial charge in [0.1, 0.15) is 5.82 Å². The van der Waals surface area contributed by atoms with E-state index in [-0.39, 0.29) is 5.82 Å². The number of benzene rings is 2. The highest BCUT2D eigenvalue weighted by Crippen LogP contribution is 2.26. The average molecular weight is 329 g/mol. The molecule has 4 heteroatoms. The largest absolute Gasteiger partial charge is 0.296 e. The van der Waals surface area contributed by atoms with Crippen LogP contribution in [0.4, 0.5) is 4.39 Å². The van der Waals surface area contributed by atoms with E-state index in [1.807, 2.05) is 24.3 Å². The van der Waals surface area contributed by atoms with E-state index in [0.717, 1.165) is 36.4 Å². The van der Waals surface area contributed by atoms with Crippen LogP contribution in [0.2, 0.25) is 5.02 Å². The summed E-state index contributed by atoms with van der Waals surface area (Å²) in [5, 5.41) is 9.63. The van der Waals surface area contributed by atoms with Crippen LogP contribution in [0, 0.1) is 17.1 Å². The summed E-state index contributed by atoms with van der Waals surface area (Å²) in [6.45, 7) is 1.54. The molecule has 0 amide bonds. The molecule has 1 atom stereocenters. The first-order chi connectivity index (χ1) is 11.2. The van der Waals surface area contributed by atoms with E-state index in [1.54, 1.807) is 12.1 Å². The van der Waals surface area contributed by atoms with Gasteiger partial charge in [-0.2, -0.15) is 5.26 Å². The monoisotopic (exact) mass is 328 g/mol. The molecule has 2 aromatic carbocycles. The number of halogens is 2. The van der Waals surface area contributed by atoms with Crippen LogP contribution < -0.4 is 0 Å². The predicted molar refractivity (Wildman–Crippen MR) is 89.7 cm³/mol. The van der Waals surface area contributed by atoms with Crippen LogP contribution in [-0.2, 0) is 13.0 Å². The average Bonchev–Trinajstić information content (AvgIpc) is 2.98.